The highest BCUT2D eigenvalue weighted by Crippen LogP contribution is 2.27. The highest BCUT2D eigenvalue weighted by atomic mass is 35.5. The summed E-state index contributed by atoms with van der Waals surface area (Å²) >= 11 is 6.22. The third-order valence-electron chi connectivity index (χ3n) is 7.36. The molecule has 1 saturated carbocycles. The standard InChI is InChI=1S/C31H36ClN3O4S/c1-23-12-9-10-19-29(23)35(40(38,39)28-17-7-4-8-18-28)22-30(36)34(21-25-13-11-14-26(32)20-25)24(2)31(37)33-27-15-5-3-6-16-27/h4,7-14,17-20,24,27H,3,5-6,15-16,21-22H2,1-2H3,(H,33,37)/t24-/m1/s1. The van der Waals surface area contributed by atoms with E-state index in [0.717, 1.165) is 42.0 Å². The molecule has 1 N–H and O–H groups in total. The average Bonchev–Trinajstić information content (AvgIpc) is 2.95. The Balaban J connectivity index is 1.68. The number of halogens is 1. The average molecular weight is 582 g/mol. The summed E-state index contributed by atoms with van der Waals surface area (Å²) in [4.78, 5) is 28.9. The molecule has 4 rings (SSSR count). The summed E-state index contributed by atoms with van der Waals surface area (Å²) in [6, 6.07) is 21.4. The Morgan fingerprint density at radius 3 is 2.30 bits per heavy atom. The van der Waals surface area contributed by atoms with E-state index in [4.69, 9.17) is 11.6 Å². The number of nitrogens with one attached hydrogen (secondary N) is 1. The quantitative estimate of drug-likeness (QED) is 0.332. The molecular weight excluding hydrogens is 546 g/mol. The second kappa shape index (κ2) is 13.3. The number of carbonyl (C=O) groups excluding carboxylic acids is 2. The number of sulfonamides is 1. The van der Waals surface area contributed by atoms with E-state index in [2.05, 4.69) is 5.32 Å². The third kappa shape index (κ3) is 7.23. The fourth-order valence-electron chi connectivity index (χ4n) is 5.06. The highest BCUT2D eigenvalue weighted by molar-refractivity contribution is 7.92. The van der Waals surface area contributed by atoms with Crippen LogP contribution in [0.1, 0.15) is 50.2 Å². The van der Waals surface area contributed by atoms with E-state index in [1.807, 2.05) is 12.1 Å². The lowest BCUT2D eigenvalue weighted by atomic mass is 9.95. The molecule has 3 aromatic carbocycles. The molecule has 0 bridgehead atoms. The van der Waals surface area contributed by atoms with E-state index in [0.29, 0.717) is 16.3 Å². The molecule has 9 heteroatoms. The van der Waals surface area contributed by atoms with Crippen molar-refractivity contribution >= 4 is 39.1 Å². The molecule has 7 nitrogen and oxygen atoms in total. The first kappa shape index (κ1) is 29.6. The molecule has 0 aromatic heterocycles. The fraction of sp³-hybridized carbons (Fsp3) is 0.355. The summed E-state index contributed by atoms with van der Waals surface area (Å²) in [6.45, 7) is 3.12. The topological polar surface area (TPSA) is 86.8 Å². The van der Waals surface area contributed by atoms with Crippen LogP contribution < -0.4 is 9.62 Å². The van der Waals surface area contributed by atoms with E-state index in [1.54, 1.807) is 68.4 Å². The van der Waals surface area contributed by atoms with Crippen LogP contribution in [0.4, 0.5) is 5.69 Å². The zero-order valence-electron chi connectivity index (χ0n) is 22.9. The summed E-state index contributed by atoms with van der Waals surface area (Å²) in [6.07, 6.45) is 5.11. The van der Waals surface area contributed by atoms with Gasteiger partial charge in [-0.15, -0.1) is 0 Å². The van der Waals surface area contributed by atoms with Crippen LogP contribution in [0.15, 0.2) is 83.8 Å². The number of para-hydroxylation sites is 1. The fourth-order valence-corrected chi connectivity index (χ4v) is 6.77. The molecule has 0 spiro atoms. The molecule has 0 radical (unpaired) electrons. The number of aryl methyl sites for hydroxylation is 1. The van der Waals surface area contributed by atoms with Crippen molar-refractivity contribution in [2.75, 3.05) is 10.8 Å². The zero-order valence-corrected chi connectivity index (χ0v) is 24.5. The molecule has 1 fully saturated rings. The first-order chi connectivity index (χ1) is 19.2. The molecule has 0 unspecified atom stereocenters. The van der Waals surface area contributed by atoms with Crippen molar-refractivity contribution in [3.05, 3.63) is 95.0 Å². The molecule has 0 heterocycles. The largest absolute Gasteiger partial charge is 0.352 e. The SMILES string of the molecule is Cc1ccccc1N(CC(=O)N(Cc1cccc(Cl)c1)[C@H](C)C(=O)NC1CCCCC1)S(=O)(=O)c1ccccc1. The van der Waals surface area contributed by atoms with Crippen LogP contribution >= 0.6 is 11.6 Å². The van der Waals surface area contributed by atoms with Gasteiger partial charge in [0, 0.05) is 17.6 Å². The summed E-state index contributed by atoms with van der Waals surface area (Å²) in [7, 11) is -4.09. The number of rotatable bonds is 10. The van der Waals surface area contributed by atoms with Gasteiger partial charge in [-0.1, -0.05) is 79.4 Å². The number of nitrogens with zero attached hydrogens (tertiary/aromatic N) is 2. The number of carbonyl (C=O) groups is 2. The number of benzene rings is 3. The highest BCUT2D eigenvalue weighted by Gasteiger charge is 2.33. The van der Waals surface area contributed by atoms with Gasteiger partial charge < -0.3 is 10.2 Å². The molecule has 1 atom stereocenters. The Morgan fingerprint density at radius 2 is 1.62 bits per heavy atom. The maximum absolute atomic E-state index is 14.1. The monoisotopic (exact) mass is 581 g/mol. The van der Waals surface area contributed by atoms with Crippen LogP contribution in [0.3, 0.4) is 0 Å². The minimum Gasteiger partial charge on any atom is -0.352 e. The van der Waals surface area contributed by atoms with Crippen molar-refractivity contribution in [1.82, 2.24) is 10.2 Å². The maximum atomic E-state index is 14.1. The number of amides is 2. The molecule has 2 amide bonds. The van der Waals surface area contributed by atoms with Gasteiger partial charge in [0.05, 0.1) is 10.6 Å². The predicted octanol–water partition coefficient (Wildman–Crippen LogP) is 5.71. The van der Waals surface area contributed by atoms with E-state index in [-0.39, 0.29) is 23.4 Å². The summed E-state index contributed by atoms with van der Waals surface area (Å²) in [5.41, 5.74) is 1.85. The van der Waals surface area contributed by atoms with Crippen LogP contribution in [-0.4, -0.2) is 43.8 Å². The Morgan fingerprint density at radius 1 is 0.950 bits per heavy atom. The van der Waals surface area contributed by atoms with Gasteiger partial charge in [0.2, 0.25) is 11.8 Å². The van der Waals surface area contributed by atoms with Crippen LogP contribution in [0.5, 0.6) is 0 Å². The van der Waals surface area contributed by atoms with Gasteiger partial charge in [0.15, 0.2) is 0 Å². The van der Waals surface area contributed by atoms with Gasteiger partial charge >= 0.3 is 0 Å². The number of hydrogen-bond donors (Lipinski definition) is 1. The van der Waals surface area contributed by atoms with Crippen molar-refractivity contribution < 1.29 is 18.0 Å². The van der Waals surface area contributed by atoms with Gasteiger partial charge in [-0.05, 0) is 68.1 Å². The smallest absolute Gasteiger partial charge is 0.264 e. The van der Waals surface area contributed by atoms with Crippen LogP contribution in [0.2, 0.25) is 5.02 Å². The lowest BCUT2D eigenvalue weighted by Crippen LogP contribution is -2.53. The van der Waals surface area contributed by atoms with E-state index < -0.39 is 28.5 Å². The molecule has 0 saturated heterocycles. The van der Waals surface area contributed by atoms with Crippen LogP contribution in [-0.2, 0) is 26.2 Å². The second-order valence-corrected chi connectivity index (χ2v) is 12.6. The molecule has 1 aliphatic carbocycles. The lowest BCUT2D eigenvalue weighted by molar-refractivity contribution is -0.139. The first-order valence-electron chi connectivity index (χ1n) is 13.6. The molecule has 0 aliphatic heterocycles. The Kier molecular flexibility index (Phi) is 9.87. The second-order valence-electron chi connectivity index (χ2n) is 10.3. The van der Waals surface area contributed by atoms with Crippen molar-refractivity contribution in [3.8, 4) is 0 Å². The number of hydrogen-bond acceptors (Lipinski definition) is 4. The molecule has 40 heavy (non-hydrogen) atoms. The lowest BCUT2D eigenvalue weighted by Gasteiger charge is -2.33. The van der Waals surface area contributed by atoms with E-state index >= 15 is 0 Å². The normalized spacial score (nSPS) is 14.8. The van der Waals surface area contributed by atoms with Crippen molar-refractivity contribution in [2.24, 2.45) is 0 Å². The van der Waals surface area contributed by atoms with Crippen molar-refractivity contribution in [1.29, 1.82) is 0 Å². The summed E-state index contributed by atoms with van der Waals surface area (Å²) in [5.74, 6) is -0.746. The summed E-state index contributed by atoms with van der Waals surface area (Å²) in [5, 5.41) is 3.62. The predicted molar refractivity (Wildman–Crippen MR) is 159 cm³/mol. The molecule has 3 aromatic rings. The van der Waals surface area contributed by atoms with Gasteiger partial charge in [-0.25, -0.2) is 8.42 Å². The van der Waals surface area contributed by atoms with Crippen LogP contribution in [0.25, 0.3) is 0 Å². The molecule has 212 valence electrons. The summed E-state index contributed by atoms with van der Waals surface area (Å²) < 4.78 is 28.9. The molecule has 1 aliphatic rings. The number of anilines is 1. The Hall–Kier alpha value is -3.36. The van der Waals surface area contributed by atoms with Crippen LogP contribution in [0, 0.1) is 6.92 Å². The Labute approximate surface area is 242 Å². The third-order valence-corrected chi connectivity index (χ3v) is 9.36. The zero-order chi connectivity index (χ0) is 28.7. The van der Waals surface area contributed by atoms with E-state index in [9.17, 15) is 18.0 Å². The van der Waals surface area contributed by atoms with Gasteiger partial charge in [-0.2, -0.15) is 0 Å². The molecular formula is C31H36ClN3O4S. The first-order valence-corrected chi connectivity index (χ1v) is 15.5. The Bertz CT molecular complexity index is 1430. The van der Waals surface area contributed by atoms with Crippen molar-refractivity contribution in [3.63, 3.8) is 0 Å². The van der Waals surface area contributed by atoms with Crippen molar-refractivity contribution in [2.45, 2.75) is 69.5 Å². The minimum atomic E-state index is -4.09. The van der Waals surface area contributed by atoms with E-state index in [1.165, 1.54) is 17.0 Å². The van der Waals surface area contributed by atoms with Gasteiger partial charge in [-0.3, -0.25) is 13.9 Å². The van der Waals surface area contributed by atoms with Gasteiger partial charge in [0.25, 0.3) is 10.0 Å². The maximum Gasteiger partial charge on any atom is 0.264 e. The van der Waals surface area contributed by atoms with Gasteiger partial charge in [0.1, 0.15) is 12.6 Å². The minimum absolute atomic E-state index is 0.0775.